The zero-order chi connectivity index (χ0) is 12.3. The van der Waals surface area contributed by atoms with Crippen molar-refractivity contribution >= 4 is 5.82 Å². The van der Waals surface area contributed by atoms with E-state index in [0.717, 1.165) is 11.3 Å². The first-order valence-corrected chi connectivity index (χ1v) is 5.37. The van der Waals surface area contributed by atoms with Gasteiger partial charge in [0.1, 0.15) is 17.8 Å². The number of hydrogen-bond acceptors (Lipinski definition) is 5. The topological polar surface area (TPSA) is 73.9 Å². The Bertz CT molecular complexity index is 496. The van der Waals surface area contributed by atoms with E-state index in [1.165, 1.54) is 6.33 Å². The van der Waals surface area contributed by atoms with E-state index in [2.05, 4.69) is 15.2 Å². The summed E-state index contributed by atoms with van der Waals surface area (Å²) in [6.07, 6.45) is 1.49. The summed E-state index contributed by atoms with van der Waals surface area (Å²) in [5.41, 5.74) is 7.19. The quantitative estimate of drug-likeness (QED) is 0.871. The van der Waals surface area contributed by atoms with Crippen molar-refractivity contribution < 1.29 is 4.74 Å². The Morgan fingerprint density at radius 3 is 2.47 bits per heavy atom. The minimum atomic E-state index is 0.157. The Morgan fingerprint density at radius 2 is 1.88 bits per heavy atom. The molecule has 0 bridgehead atoms. The molecule has 2 aromatic rings. The van der Waals surface area contributed by atoms with Gasteiger partial charge < -0.3 is 10.5 Å². The van der Waals surface area contributed by atoms with Crippen LogP contribution < -0.4 is 10.5 Å². The molecule has 0 unspecified atom stereocenters. The van der Waals surface area contributed by atoms with Gasteiger partial charge in [-0.2, -0.15) is 0 Å². The van der Waals surface area contributed by atoms with E-state index in [1.807, 2.05) is 38.1 Å². The maximum Gasteiger partial charge on any atom is 0.153 e. The molecule has 1 aromatic carbocycles. The van der Waals surface area contributed by atoms with Crippen LogP contribution in [0.4, 0.5) is 5.82 Å². The Morgan fingerprint density at radius 1 is 1.18 bits per heavy atom. The first-order valence-electron chi connectivity index (χ1n) is 5.37. The van der Waals surface area contributed by atoms with Crippen molar-refractivity contribution in [3.05, 3.63) is 30.6 Å². The molecule has 17 heavy (non-hydrogen) atoms. The summed E-state index contributed by atoms with van der Waals surface area (Å²) in [6, 6.07) is 7.53. The molecular weight excluding hydrogens is 216 g/mol. The van der Waals surface area contributed by atoms with Crippen molar-refractivity contribution in [1.29, 1.82) is 0 Å². The van der Waals surface area contributed by atoms with Crippen LogP contribution in [0, 0.1) is 0 Å². The van der Waals surface area contributed by atoms with Gasteiger partial charge in [-0.05, 0) is 38.1 Å². The number of rotatable bonds is 3. The van der Waals surface area contributed by atoms with Crippen molar-refractivity contribution in [2.45, 2.75) is 20.0 Å². The zero-order valence-corrected chi connectivity index (χ0v) is 9.79. The number of nitrogens with zero attached hydrogens (tertiary/aromatic N) is 3. The summed E-state index contributed by atoms with van der Waals surface area (Å²) in [4.78, 5) is 3.90. The van der Waals surface area contributed by atoms with Gasteiger partial charge in [-0.1, -0.05) is 0 Å². The van der Waals surface area contributed by atoms with Gasteiger partial charge in [0, 0.05) is 5.56 Å². The molecule has 1 heterocycles. The first kappa shape index (κ1) is 11.3. The van der Waals surface area contributed by atoms with E-state index in [-0.39, 0.29) is 6.10 Å². The highest BCUT2D eigenvalue weighted by Gasteiger charge is 2.06. The molecule has 0 amide bonds. The fourth-order valence-electron chi connectivity index (χ4n) is 1.45. The lowest BCUT2D eigenvalue weighted by Crippen LogP contribution is -2.05. The molecule has 0 spiro atoms. The molecule has 2 rings (SSSR count). The molecule has 5 nitrogen and oxygen atoms in total. The van der Waals surface area contributed by atoms with Crippen molar-refractivity contribution in [3.63, 3.8) is 0 Å². The lowest BCUT2D eigenvalue weighted by Gasteiger charge is -2.10. The summed E-state index contributed by atoms with van der Waals surface area (Å²) >= 11 is 0. The van der Waals surface area contributed by atoms with Crippen LogP contribution in [-0.2, 0) is 0 Å². The maximum absolute atomic E-state index is 5.73. The summed E-state index contributed by atoms with van der Waals surface area (Å²) in [5, 5.41) is 7.68. The number of ether oxygens (including phenoxy) is 1. The van der Waals surface area contributed by atoms with Crippen LogP contribution in [0.25, 0.3) is 11.3 Å². The predicted molar refractivity (Wildman–Crippen MR) is 65.4 cm³/mol. The summed E-state index contributed by atoms with van der Waals surface area (Å²) in [6.45, 7) is 3.97. The maximum atomic E-state index is 5.73. The minimum absolute atomic E-state index is 0.157. The Balaban J connectivity index is 2.27. The second kappa shape index (κ2) is 4.78. The van der Waals surface area contributed by atoms with Crippen LogP contribution >= 0.6 is 0 Å². The third-order valence-electron chi connectivity index (χ3n) is 2.15. The number of aromatic nitrogens is 3. The van der Waals surface area contributed by atoms with Crippen LogP contribution in [0.2, 0.25) is 0 Å². The van der Waals surface area contributed by atoms with Gasteiger partial charge in [0.05, 0.1) is 6.10 Å². The lowest BCUT2D eigenvalue weighted by atomic mass is 10.1. The molecule has 1 aromatic heterocycles. The standard InChI is InChI=1S/C12H14N4O/c1-8(2)17-10-5-3-9(4-6-10)11-12(13)14-7-15-16-11/h3-8H,1-2H3,(H2,13,14,15). The Hall–Kier alpha value is -2.17. The SMILES string of the molecule is CC(C)Oc1ccc(-c2nncnc2N)cc1. The van der Waals surface area contributed by atoms with Crippen LogP contribution in [0.3, 0.4) is 0 Å². The van der Waals surface area contributed by atoms with Crippen LogP contribution in [0.15, 0.2) is 30.6 Å². The van der Waals surface area contributed by atoms with Gasteiger partial charge in [-0.15, -0.1) is 10.2 Å². The fraction of sp³-hybridized carbons (Fsp3) is 0.250. The van der Waals surface area contributed by atoms with Crippen molar-refractivity contribution in [2.24, 2.45) is 0 Å². The van der Waals surface area contributed by atoms with Crippen molar-refractivity contribution in [1.82, 2.24) is 15.2 Å². The Labute approximate surface area is 99.7 Å². The molecule has 0 atom stereocenters. The zero-order valence-electron chi connectivity index (χ0n) is 9.79. The second-order valence-electron chi connectivity index (χ2n) is 3.88. The van der Waals surface area contributed by atoms with Gasteiger partial charge in [0.25, 0.3) is 0 Å². The number of hydrogen-bond donors (Lipinski definition) is 1. The molecule has 0 radical (unpaired) electrons. The van der Waals surface area contributed by atoms with E-state index in [1.54, 1.807) is 0 Å². The second-order valence-corrected chi connectivity index (χ2v) is 3.88. The smallest absolute Gasteiger partial charge is 0.153 e. The van der Waals surface area contributed by atoms with Gasteiger partial charge in [-0.3, -0.25) is 0 Å². The fourth-order valence-corrected chi connectivity index (χ4v) is 1.45. The third-order valence-corrected chi connectivity index (χ3v) is 2.15. The molecule has 0 saturated heterocycles. The average molecular weight is 230 g/mol. The lowest BCUT2D eigenvalue weighted by molar-refractivity contribution is 0.242. The average Bonchev–Trinajstić information content (AvgIpc) is 2.30. The molecule has 0 fully saturated rings. The van der Waals surface area contributed by atoms with Crippen LogP contribution in [-0.4, -0.2) is 21.3 Å². The van der Waals surface area contributed by atoms with E-state index in [0.29, 0.717) is 11.5 Å². The highest BCUT2D eigenvalue weighted by Crippen LogP contribution is 2.23. The molecule has 0 aliphatic heterocycles. The molecule has 88 valence electrons. The predicted octanol–water partition coefficient (Wildman–Crippen LogP) is 1.91. The molecule has 0 saturated carbocycles. The molecular formula is C12H14N4O. The van der Waals surface area contributed by atoms with Gasteiger partial charge >= 0.3 is 0 Å². The Kier molecular flexibility index (Phi) is 3.18. The van der Waals surface area contributed by atoms with Crippen LogP contribution in [0.1, 0.15) is 13.8 Å². The highest BCUT2D eigenvalue weighted by molar-refractivity contribution is 5.69. The monoisotopic (exact) mass is 230 g/mol. The molecule has 5 heteroatoms. The van der Waals surface area contributed by atoms with Crippen molar-refractivity contribution in [2.75, 3.05) is 5.73 Å². The minimum Gasteiger partial charge on any atom is -0.491 e. The van der Waals surface area contributed by atoms with Gasteiger partial charge in [0.2, 0.25) is 0 Å². The van der Waals surface area contributed by atoms with E-state index in [9.17, 15) is 0 Å². The highest BCUT2D eigenvalue weighted by atomic mass is 16.5. The van der Waals surface area contributed by atoms with E-state index in [4.69, 9.17) is 10.5 Å². The largest absolute Gasteiger partial charge is 0.491 e. The molecule has 0 aliphatic rings. The summed E-state index contributed by atoms with van der Waals surface area (Å²) in [5.74, 6) is 1.19. The number of nitrogen functional groups attached to an aromatic ring is 1. The summed E-state index contributed by atoms with van der Waals surface area (Å²) in [7, 11) is 0. The molecule has 2 N–H and O–H groups in total. The van der Waals surface area contributed by atoms with Crippen molar-refractivity contribution in [3.8, 4) is 17.0 Å². The van der Waals surface area contributed by atoms with E-state index < -0.39 is 0 Å². The number of benzene rings is 1. The normalized spacial score (nSPS) is 10.5. The number of nitrogens with two attached hydrogens (primary N) is 1. The van der Waals surface area contributed by atoms with Gasteiger partial charge in [-0.25, -0.2) is 4.98 Å². The van der Waals surface area contributed by atoms with E-state index >= 15 is 0 Å². The van der Waals surface area contributed by atoms with Gasteiger partial charge in [0.15, 0.2) is 5.82 Å². The molecule has 0 aliphatic carbocycles. The first-order chi connectivity index (χ1) is 8.16. The third kappa shape index (κ3) is 2.69. The van der Waals surface area contributed by atoms with Crippen LogP contribution in [0.5, 0.6) is 5.75 Å². The summed E-state index contributed by atoms with van der Waals surface area (Å²) < 4.78 is 5.55. The number of anilines is 1.